The minimum absolute atomic E-state index is 0.222. The van der Waals surface area contributed by atoms with Crippen LogP contribution in [0.15, 0.2) is 54.9 Å². The lowest BCUT2D eigenvalue weighted by Crippen LogP contribution is -2.46. The molecular weight excluding hydrogens is 371 g/mol. The van der Waals surface area contributed by atoms with E-state index in [4.69, 9.17) is 4.74 Å². The van der Waals surface area contributed by atoms with Crippen LogP contribution in [0, 0.1) is 23.6 Å². The molecule has 2 bridgehead atoms. The third kappa shape index (κ3) is 4.53. The van der Waals surface area contributed by atoms with Crippen molar-refractivity contribution in [2.45, 2.75) is 31.9 Å². The molecule has 2 fully saturated rings. The lowest BCUT2D eigenvalue weighted by molar-refractivity contribution is -0.152. The van der Waals surface area contributed by atoms with Crippen molar-refractivity contribution in [3.05, 3.63) is 71.8 Å². The van der Waals surface area contributed by atoms with Gasteiger partial charge in [0.25, 0.3) is 0 Å². The highest BCUT2D eigenvalue weighted by molar-refractivity contribution is 5.92. The third-order valence-electron chi connectivity index (χ3n) is 5.87. The molecule has 2 aromatic rings. The fourth-order valence-electron chi connectivity index (χ4n) is 4.57. The van der Waals surface area contributed by atoms with Crippen LogP contribution in [0.5, 0.6) is 0 Å². The fourth-order valence-corrected chi connectivity index (χ4v) is 4.57. The summed E-state index contributed by atoms with van der Waals surface area (Å²) in [5, 5.41) is 2.98. The zero-order chi connectivity index (χ0) is 20.2. The predicted octanol–water partition coefficient (Wildman–Crippen LogP) is 3.51. The molecule has 0 spiro atoms. The van der Waals surface area contributed by atoms with Gasteiger partial charge in [-0.05, 0) is 54.4 Å². The van der Waals surface area contributed by atoms with E-state index in [2.05, 4.69) is 10.3 Å². The molecule has 2 aliphatic carbocycles. The number of carbonyl (C=O) groups is 2. The van der Waals surface area contributed by atoms with Crippen molar-refractivity contribution < 1.29 is 18.7 Å². The van der Waals surface area contributed by atoms with Gasteiger partial charge in [-0.1, -0.05) is 30.3 Å². The summed E-state index contributed by atoms with van der Waals surface area (Å²) in [6.45, 7) is 0.237. The van der Waals surface area contributed by atoms with E-state index in [9.17, 15) is 14.0 Å². The molecule has 1 aromatic carbocycles. The van der Waals surface area contributed by atoms with E-state index in [0.29, 0.717) is 11.5 Å². The molecule has 4 atom stereocenters. The van der Waals surface area contributed by atoms with Crippen molar-refractivity contribution in [3.8, 4) is 0 Å². The Kier molecular flexibility index (Phi) is 5.69. The molecule has 2 saturated carbocycles. The van der Waals surface area contributed by atoms with Crippen molar-refractivity contribution in [2.24, 2.45) is 17.8 Å². The first kappa shape index (κ1) is 19.3. The Hall–Kier alpha value is -3.02. The first-order chi connectivity index (χ1) is 14.1. The maximum Gasteiger partial charge on any atom is 0.311 e. The van der Waals surface area contributed by atoms with Crippen LogP contribution in [0.25, 0.3) is 6.08 Å². The highest BCUT2D eigenvalue weighted by Gasteiger charge is 2.52. The molecule has 0 aliphatic heterocycles. The van der Waals surface area contributed by atoms with Gasteiger partial charge < -0.3 is 10.1 Å². The summed E-state index contributed by atoms with van der Waals surface area (Å²) in [6.07, 6.45) is 8.40. The maximum absolute atomic E-state index is 13.2. The standard InChI is InChI=1S/C23H23FN2O3/c24-19-10-16(12-25-13-19)6-9-20(27)26-22-18-8-7-17(11-18)21(22)23(28)29-14-15-4-2-1-3-5-15/h1-6,9-10,12-13,17-18,21-22H,7-8,11,14H2,(H,26,27)/b9-6+. The number of hydrogen-bond acceptors (Lipinski definition) is 4. The summed E-state index contributed by atoms with van der Waals surface area (Å²) in [4.78, 5) is 29.0. The number of ether oxygens (including phenoxy) is 1. The highest BCUT2D eigenvalue weighted by atomic mass is 19.1. The van der Waals surface area contributed by atoms with E-state index in [1.165, 1.54) is 24.4 Å². The Morgan fingerprint density at radius 1 is 1.17 bits per heavy atom. The number of amides is 1. The fraction of sp³-hybridized carbons (Fsp3) is 0.348. The van der Waals surface area contributed by atoms with Crippen molar-refractivity contribution in [2.75, 3.05) is 0 Å². The lowest BCUT2D eigenvalue weighted by Gasteiger charge is -2.29. The summed E-state index contributed by atoms with van der Waals surface area (Å²) >= 11 is 0. The van der Waals surface area contributed by atoms with E-state index >= 15 is 0 Å². The Bertz CT molecular complexity index is 915. The van der Waals surface area contributed by atoms with Gasteiger partial charge in [-0.3, -0.25) is 14.6 Å². The van der Waals surface area contributed by atoms with E-state index in [1.807, 2.05) is 30.3 Å². The molecule has 1 aromatic heterocycles. The van der Waals surface area contributed by atoms with Crippen LogP contribution in [0.3, 0.4) is 0 Å². The number of halogens is 1. The molecule has 150 valence electrons. The van der Waals surface area contributed by atoms with E-state index < -0.39 is 5.82 Å². The van der Waals surface area contributed by atoms with Crippen molar-refractivity contribution in [3.63, 3.8) is 0 Å². The number of aromatic nitrogens is 1. The van der Waals surface area contributed by atoms with Crippen LogP contribution in [-0.4, -0.2) is 22.9 Å². The Balaban J connectivity index is 1.38. The SMILES string of the molecule is O=C(/C=C/c1cncc(F)c1)NC1C2CCC(C2)C1C(=O)OCc1ccccc1. The van der Waals surface area contributed by atoms with Gasteiger partial charge in [0.05, 0.1) is 12.1 Å². The van der Waals surface area contributed by atoms with Crippen LogP contribution in [-0.2, 0) is 20.9 Å². The van der Waals surface area contributed by atoms with Gasteiger partial charge >= 0.3 is 5.97 Å². The van der Waals surface area contributed by atoms with Gasteiger partial charge in [-0.15, -0.1) is 0 Å². The summed E-state index contributed by atoms with van der Waals surface area (Å²) in [5.41, 5.74) is 1.45. The number of pyridine rings is 1. The summed E-state index contributed by atoms with van der Waals surface area (Å²) in [6, 6.07) is 10.6. The van der Waals surface area contributed by atoms with E-state index in [1.54, 1.807) is 0 Å². The quantitative estimate of drug-likeness (QED) is 0.601. The van der Waals surface area contributed by atoms with Crippen molar-refractivity contribution in [1.29, 1.82) is 0 Å². The van der Waals surface area contributed by atoms with Crippen LogP contribution >= 0.6 is 0 Å². The summed E-state index contributed by atoms with van der Waals surface area (Å²) in [5.74, 6) is -0.766. The molecule has 1 heterocycles. The molecule has 29 heavy (non-hydrogen) atoms. The minimum Gasteiger partial charge on any atom is -0.461 e. The number of esters is 1. The number of hydrogen-bond donors (Lipinski definition) is 1. The number of fused-ring (bicyclic) bond motifs is 2. The largest absolute Gasteiger partial charge is 0.461 e. The number of nitrogens with zero attached hydrogens (tertiary/aromatic N) is 1. The van der Waals surface area contributed by atoms with Gasteiger partial charge in [0.1, 0.15) is 12.4 Å². The van der Waals surface area contributed by atoms with Gasteiger partial charge in [-0.25, -0.2) is 4.39 Å². The Morgan fingerprint density at radius 3 is 2.76 bits per heavy atom. The Labute approximate surface area is 169 Å². The number of nitrogens with one attached hydrogen (secondary N) is 1. The normalized spacial score (nSPS) is 25.3. The number of rotatable bonds is 6. The minimum atomic E-state index is -0.457. The Morgan fingerprint density at radius 2 is 1.97 bits per heavy atom. The van der Waals surface area contributed by atoms with Gasteiger partial charge in [0, 0.05) is 18.3 Å². The third-order valence-corrected chi connectivity index (χ3v) is 5.87. The average molecular weight is 394 g/mol. The van der Waals surface area contributed by atoms with Gasteiger partial charge in [0.15, 0.2) is 0 Å². The molecule has 1 amide bonds. The smallest absolute Gasteiger partial charge is 0.311 e. The van der Waals surface area contributed by atoms with E-state index in [0.717, 1.165) is 31.0 Å². The first-order valence-electron chi connectivity index (χ1n) is 9.90. The second-order valence-electron chi connectivity index (χ2n) is 7.76. The first-order valence-corrected chi connectivity index (χ1v) is 9.90. The topological polar surface area (TPSA) is 68.3 Å². The average Bonchev–Trinajstić information content (AvgIpc) is 3.33. The molecule has 6 heteroatoms. The maximum atomic E-state index is 13.2. The van der Waals surface area contributed by atoms with E-state index in [-0.39, 0.29) is 36.4 Å². The molecule has 0 radical (unpaired) electrons. The monoisotopic (exact) mass is 394 g/mol. The molecule has 4 unspecified atom stereocenters. The summed E-state index contributed by atoms with van der Waals surface area (Å²) in [7, 11) is 0. The van der Waals surface area contributed by atoms with Crippen LogP contribution in [0.2, 0.25) is 0 Å². The van der Waals surface area contributed by atoms with Crippen LogP contribution < -0.4 is 5.32 Å². The molecule has 4 rings (SSSR count). The zero-order valence-corrected chi connectivity index (χ0v) is 16.0. The molecule has 2 aliphatic rings. The van der Waals surface area contributed by atoms with Crippen LogP contribution in [0.4, 0.5) is 4.39 Å². The molecule has 1 N–H and O–H groups in total. The van der Waals surface area contributed by atoms with Gasteiger partial charge in [-0.2, -0.15) is 0 Å². The summed E-state index contributed by atoms with van der Waals surface area (Å²) < 4.78 is 18.8. The van der Waals surface area contributed by atoms with Gasteiger partial charge in [0.2, 0.25) is 5.91 Å². The predicted molar refractivity (Wildman–Crippen MR) is 106 cm³/mol. The van der Waals surface area contributed by atoms with Crippen LogP contribution in [0.1, 0.15) is 30.4 Å². The second-order valence-corrected chi connectivity index (χ2v) is 7.76. The van der Waals surface area contributed by atoms with Crippen molar-refractivity contribution >= 4 is 18.0 Å². The zero-order valence-electron chi connectivity index (χ0n) is 16.0. The highest BCUT2D eigenvalue weighted by Crippen LogP contribution is 2.49. The molecule has 0 saturated heterocycles. The second kappa shape index (κ2) is 8.55. The number of benzene rings is 1. The number of carbonyl (C=O) groups excluding carboxylic acids is 2. The molecule has 5 nitrogen and oxygen atoms in total. The lowest BCUT2D eigenvalue weighted by atomic mass is 9.84. The van der Waals surface area contributed by atoms with Crippen molar-refractivity contribution in [1.82, 2.24) is 10.3 Å². The molecular formula is C23H23FN2O3.